The van der Waals surface area contributed by atoms with Gasteiger partial charge in [0.05, 0.1) is 43.5 Å². The number of rotatable bonds is 7. The Kier molecular flexibility index (Phi) is 6.05. The number of halogens is 1. The molecule has 0 saturated heterocycles. The van der Waals surface area contributed by atoms with Crippen molar-refractivity contribution in [3.63, 3.8) is 0 Å². The number of nitrogen functional groups attached to an aromatic ring is 1. The van der Waals surface area contributed by atoms with Gasteiger partial charge in [-0.2, -0.15) is 0 Å². The third-order valence-electron chi connectivity index (χ3n) is 5.87. The van der Waals surface area contributed by atoms with Gasteiger partial charge in [0.2, 0.25) is 10.0 Å². The van der Waals surface area contributed by atoms with E-state index in [0.717, 1.165) is 15.8 Å². The van der Waals surface area contributed by atoms with Crippen LogP contribution in [0.1, 0.15) is 48.9 Å². The number of aromatic nitrogens is 3. The summed E-state index contributed by atoms with van der Waals surface area (Å²) in [4.78, 5) is 14.1. The molecule has 0 spiro atoms. The van der Waals surface area contributed by atoms with Crippen molar-refractivity contribution in [3.8, 4) is 11.3 Å². The van der Waals surface area contributed by atoms with Gasteiger partial charge in [0.25, 0.3) is 0 Å². The Labute approximate surface area is 212 Å². The Bertz CT molecular complexity index is 1530. The number of anilines is 1. The van der Waals surface area contributed by atoms with Crippen molar-refractivity contribution in [3.05, 3.63) is 69.9 Å². The van der Waals surface area contributed by atoms with Gasteiger partial charge in [0.15, 0.2) is 0 Å². The van der Waals surface area contributed by atoms with Crippen LogP contribution in [0, 0.1) is 0 Å². The highest BCUT2D eigenvalue weighted by Gasteiger charge is 2.38. The van der Waals surface area contributed by atoms with Gasteiger partial charge in [-0.1, -0.05) is 11.6 Å². The van der Waals surface area contributed by atoms with Gasteiger partial charge in [-0.15, -0.1) is 11.3 Å². The van der Waals surface area contributed by atoms with Crippen molar-refractivity contribution in [2.24, 2.45) is 0 Å². The van der Waals surface area contributed by atoms with Crippen molar-refractivity contribution in [2.75, 3.05) is 5.73 Å². The molecule has 0 radical (unpaired) electrons. The molecule has 8 nitrogen and oxygen atoms in total. The normalized spacial score (nSPS) is 15.4. The zero-order valence-corrected chi connectivity index (χ0v) is 21.5. The number of nitrogens with one attached hydrogen (secondary N) is 1. The van der Waals surface area contributed by atoms with E-state index >= 15 is 0 Å². The van der Waals surface area contributed by atoms with E-state index in [1.165, 1.54) is 11.3 Å². The average molecular weight is 530 g/mol. The van der Waals surface area contributed by atoms with Crippen molar-refractivity contribution < 1.29 is 13.5 Å². The second-order valence-electron chi connectivity index (χ2n) is 9.11. The summed E-state index contributed by atoms with van der Waals surface area (Å²) in [5.41, 5.74) is 8.16. The molecule has 4 aromatic rings. The van der Waals surface area contributed by atoms with Crippen LogP contribution in [0.5, 0.6) is 0 Å². The van der Waals surface area contributed by atoms with Crippen molar-refractivity contribution in [2.45, 2.75) is 43.6 Å². The first-order chi connectivity index (χ1) is 16.5. The van der Waals surface area contributed by atoms with Crippen LogP contribution < -0.4 is 10.5 Å². The zero-order valence-electron chi connectivity index (χ0n) is 19.1. The maximum Gasteiger partial charge on any atom is 0.215 e. The second-order valence-corrected chi connectivity index (χ2v) is 12.6. The molecule has 5 rings (SSSR count). The number of aliphatic hydroxyl groups is 1. The number of sulfonamides is 1. The minimum Gasteiger partial charge on any atom is -0.386 e. The fourth-order valence-corrected chi connectivity index (χ4v) is 6.82. The van der Waals surface area contributed by atoms with E-state index in [1.54, 1.807) is 44.4 Å². The minimum atomic E-state index is -3.58. The molecular formula is C24H24ClN5O3S2. The van der Waals surface area contributed by atoms with E-state index in [2.05, 4.69) is 19.7 Å². The summed E-state index contributed by atoms with van der Waals surface area (Å²) in [6.45, 7) is 3.44. The molecule has 35 heavy (non-hydrogen) atoms. The molecule has 0 bridgehead atoms. The SMILES string of the molecule is CC(C)(O)c1ccnc(-c2ccnc3cc(C(NS(=O)(=O)C4CC4)c4nc(N)ccc4Cl)sc23)c1. The molecule has 11 heteroatoms. The highest BCUT2D eigenvalue weighted by atomic mass is 35.5. The molecule has 0 amide bonds. The Balaban J connectivity index is 1.65. The van der Waals surface area contributed by atoms with Crippen molar-refractivity contribution in [1.82, 2.24) is 19.7 Å². The first-order valence-corrected chi connectivity index (χ1v) is 13.8. The Morgan fingerprint density at radius 1 is 1.17 bits per heavy atom. The summed E-state index contributed by atoms with van der Waals surface area (Å²) in [6, 6.07) is 9.68. The standard InChI is InChI=1S/C24H24ClN5O3S2/c1-24(2,31)13-7-9-27-17(11-13)15-8-10-28-18-12-19(34-23(15)18)22(30-35(32,33)14-3-4-14)21-16(25)5-6-20(26)29-21/h5-12,14,22,30-31H,3-4H2,1-2H3,(H2,26,29). The fourth-order valence-electron chi connectivity index (χ4n) is 3.82. The van der Waals surface area contributed by atoms with Crippen LogP contribution in [0.2, 0.25) is 5.02 Å². The predicted octanol–water partition coefficient (Wildman–Crippen LogP) is 4.39. The molecule has 4 heterocycles. The van der Waals surface area contributed by atoms with Crippen molar-refractivity contribution >= 4 is 49.0 Å². The van der Waals surface area contributed by atoms with E-state index in [-0.39, 0.29) is 5.82 Å². The van der Waals surface area contributed by atoms with Crippen LogP contribution in [-0.4, -0.2) is 33.7 Å². The van der Waals surface area contributed by atoms with E-state index in [0.29, 0.717) is 39.6 Å². The smallest absolute Gasteiger partial charge is 0.215 e. The van der Waals surface area contributed by atoms with Crippen LogP contribution in [0.25, 0.3) is 21.5 Å². The molecule has 0 aliphatic heterocycles. The number of hydrogen-bond donors (Lipinski definition) is 3. The Morgan fingerprint density at radius 3 is 2.63 bits per heavy atom. The van der Waals surface area contributed by atoms with Gasteiger partial charge >= 0.3 is 0 Å². The van der Waals surface area contributed by atoms with Gasteiger partial charge in [-0.05, 0) is 68.7 Å². The number of nitrogens with zero attached hydrogens (tertiary/aromatic N) is 3. The molecular weight excluding hydrogens is 506 g/mol. The summed E-state index contributed by atoms with van der Waals surface area (Å²) < 4.78 is 29.5. The monoisotopic (exact) mass is 529 g/mol. The van der Waals surface area contributed by atoms with Gasteiger partial charge in [0.1, 0.15) is 5.82 Å². The van der Waals surface area contributed by atoms with Gasteiger partial charge in [0, 0.05) is 22.8 Å². The second kappa shape index (κ2) is 8.79. The lowest BCUT2D eigenvalue weighted by molar-refractivity contribution is 0.0785. The molecule has 1 saturated carbocycles. The molecule has 1 aliphatic carbocycles. The molecule has 0 aromatic carbocycles. The molecule has 4 N–H and O–H groups in total. The fraction of sp³-hybridized carbons (Fsp3) is 0.292. The van der Waals surface area contributed by atoms with Crippen LogP contribution in [0.4, 0.5) is 5.82 Å². The average Bonchev–Trinajstić information content (AvgIpc) is 3.58. The van der Waals surface area contributed by atoms with Gasteiger partial charge in [-0.25, -0.2) is 18.1 Å². The van der Waals surface area contributed by atoms with Gasteiger partial charge < -0.3 is 10.8 Å². The van der Waals surface area contributed by atoms with Crippen LogP contribution in [-0.2, 0) is 15.6 Å². The first kappa shape index (κ1) is 24.1. The Morgan fingerprint density at radius 2 is 1.91 bits per heavy atom. The lowest BCUT2D eigenvalue weighted by atomic mass is 9.97. The third kappa shape index (κ3) is 4.89. The molecule has 4 aromatic heterocycles. The lowest BCUT2D eigenvalue weighted by Crippen LogP contribution is -2.32. The molecule has 1 unspecified atom stereocenters. The van der Waals surface area contributed by atoms with E-state index in [9.17, 15) is 13.5 Å². The molecule has 1 aliphatic rings. The lowest BCUT2D eigenvalue weighted by Gasteiger charge is -2.18. The molecule has 1 fully saturated rings. The molecule has 1 atom stereocenters. The zero-order chi connectivity index (χ0) is 25.0. The van der Waals surface area contributed by atoms with Crippen LogP contribution in [0.3, 0.4) is 0 Å². The van der Waals surface area contributed by atoms with Crippen molar-refractivity contribution in [1.29, 1.82) is 0 Å². The van der Waals surface area contributed by atoms with E-state index in [4.69, 9.17) is 17.3 Å². The number of nitrogens with two attached hydrogens (primary N) is 1. The third-order valence-corrected chi connectivity index (χ3v) is 9.33. The number of thiophene rings is 1. The highest BCUT2D eigenvalue weighted by Crippen LogP contribution is 2.40. The van der Waals surface area contributed by atoms with Gasteiger partial charge in [-0.3, -0.25) is 9.97 Å². The van der Waals surface area contributed by atoms with Crippen LogP contribution in [0.15, 0.2) is 48.8 Å². The molecule has 182 valence electrons. The Hall–Kier alpha value is -2.63. The quantitative estimate of drug-likeness (QED) is 0.323. The summed E-state index contributed by atoms with van der Waals surface area (Å²) >= 11 is 7.84. The summed E-state index contributed by atoms with van der Waals surface area (Å²) in [7, 11) is -3.58. The maximum atomic E-state index is 12.9. The topological polar surface area (TPSA) is 131 Å². The summed E-state index contributed by atoms with van der Waals surface area (Å²) in [5.74, 6) is 0.243. The summed E-state index contributed by atoms with van der Waals surface area (Å²) in [6.07, 6.45) is 4.59. The van der Waals surface area contributed by atoms with E-state index in [1.807, 2.05) is 18.2 Å². The largest absolute Gasteiger partial charge is 0.386 e. The summed E-state index contributed by atoms with van der Waals surface area (Å²) in [5, 5.41) is 10.3. The van der Waals surface area contributed by atoms with Crippen LogP contribution >= 0.6 is 22.9 Å². The number of pyridine rings is 3. The minimum absolute atomic E-state index is 0.243. The number of fused-ring (bicyclic) bond motifs is 1. The first-order valence-electron chi connectivity index (χ1n) is 11.0. The maximum absolute atomic E-state index is 12.9. The predicted molar refractivity (Wildman–Crippen MR) is 139 cm³/mol. The highest BCUT2D eigenvalue weighted by molar-refractivity contribution is 7.90. The van der Waals surface area contributed by atoms with E-state index < -0.39 is 26.9 Å². The number of hydrogen-bond acceptors (Lipinski definition) is 8.